The number of amides is 1. The van der Waals surface area contributed by atoms with Crippen molar-refractivity contribution in [2.75, 3.05) is 5.32 Å². The van der Waals surface area contributed by atoms with E-state index in [-0.39, 0.29) is 5.91 Å². The molecule has 1 aromatic heterocycles. The van der Waals surface area contributed by atoms with Crippen LogP contribution in [-0.2, 0) is 0 Å². The number of aromatic amines is 1. The van der Waals surface area contributed by atoms with Crippen LogP contribution in [0.5, 0.6) is 0 Å². The lowest BCUT2D eigenvalue weighted by Gasteiger charge is -2.04. The molecule has 1 amide bonds. The van der Waals surface area contributed by atoms with Crippen molar-refractivity contribution in [1.29, 1.82) is 0 Å². The maximum atomic E-state index is 12.3. The van der Waals surface area contributed by atoms with Gasteiger partial charge in [0.05, 0.1) is 16.3 Å². The fourth-order valence-electron chi connectivity index (χ4n) is 2.20. The molecule has 6 heteroatoms. The molecule has 0 fully saturated rings. The average molecular weight is 346 g/mol. The van der Waals surface area contributed by atoms with Gasteiger partial charge in [0.15, 0.2) is 5.82 Å². The van der Waals surface area contributed by atoms with Crippen molar-refractivity contribution < 1.29 is 4.79 Å². The van der Waals surface area contributed by atoms with Gasteiger partial charge in [0.2, 0.25) is 0 Å². The van der Waals surface area contributed by atoms with E-state index in [1.165, 1.54) is 6.07 Å². The Morgan fingerprint density at radius 3 is 2.70 bits per heavy atom. The lowest BCUT2D eigenvalue weighted by molar-refractivity contribution is 0.102. The minimum atomic E-state index is -0.339. The van der Waals surface area contributed by atoms with Gasteiger partial charge in [-0.2, -0.15) is 5.10 Å². The summed E-state index contributed by atoms with van der Waals surface area (Å²) >= 11 is 11.9. The second kappa shape index (κ2) is 6.44. The smallest absolute Gasteiger partial charge is 0.258 e. The number of anilines is 1. The van der Waals surface area contributed by atoms with Crippen LogP contribution in [0.3, 0.4) is 0 Å². The van der Waals surface area contributed by atoms with Crippen molar-refractivity contribution >= 4 is 34.9 Å². The molecule has 0 aliphatic carbocycles. The summed E-state index contributed by atoms with van der Waals surface area (Å²) in [7, 11) is 0. The third kappa shape index (κ3) is 3.55. The normalized spacial score (nSPS) is 10.6. The first-order chi connectivity index (χ1) is 11.0. The van der Waals surface area contributed by atoms with Gasteiger partial charge in [0.25, 0.3) is 5.91 Å². The summed E-state index contributed by atoms with van der Waals surface area (Å²) in [5.41, 5.74) is 3.32. The lowest BCUT2D eigenvalue weighted by atomic mass is 10.1. The van der Waals surface area contributed by atoms with Crippen molar-refractivity contribution in [2.24, 2.45) is 0 Å². The Morgan fingerprint density at radius 2 is 1.96 bits per heavy atom. The summed E-state index contributed by atoms with van der Waals surface area (Å²) < 4.78 is 0. The quantitative estimate of drug-likeness (QED) is 0.705. The second-order valence-electron chi connectivity index (χ2n) is 5.11. The predicted molar refractivity (Wildman–Crippen MR) is 93.2 cm³/mol. The Morgan fingerprint density at radius 1 is 1.13 bits per heavy atom. The lowest BCUT2D eigenvalue weighted by Crippen LogP contribution is -2.12. The first-order valence-corrected chi connectivity index (χ1v) is 7.67. The number of aryl methyl sites for hydroxylation is 1. The van der Waals surface area contributed by atoms with E-state index < -0.39 is 0 Å². The van der Waals surface area contributed by atoms with Gasteiger partial charge >= 0.3 is 0 Å². The molecule has 3 aromatic rings. The fourth-order valence-corrected chi connectivity index (χ4v) is 2.70. The van der Waals surface area contributed by atoms with Gasteiger partial charge in [-0.1, -0.05) is 47.0 Å². The Balaban J connectivity index is 1.80. The zero-order valence-electron chi connectivity index (χ0n) is 12.2. The number of carbonyl (C=O) groups is 1. The highest BCUT2D eigenvalue weighted by molar-refractivity contribution is 6.37. The molecule has 0 unspecified atom stereocenters. The Kier molecular flexibility index (Phi) is 4.37. The van der Waals surface area contributed by atoms with Crippen LogP contribution in [0, 0.1) is 6.92 Å². The summed E-state index contributed by atoms with van der Waals surface area (Å²) in [6, 6.07) is 14.5. The van der Waals surface area contributed by atoms with Crippen LogP contribution in [0.1, 0.15) is 15.9 Å². The molecular weight excluding hydrogens is 333 g/mol. The van der Waals surface area contributed by atoms with Gasteiger partial charge in [0.1, 0.15) is 0 Å². The molecule has 0 saturated heterocycles. The fraction of sp³-hybridized carbons (Fsp3) is 0.0588. The van der Waals surface area contributed by atoms with Gasteiger partial charge in [-0.05, 0) is 36.8 Å². The van der Waals surface area contributed by atoms with Crippen molar-refractivity contribution in [3.05, 3.63) is 69.7 Å². The van der Waals surface area contributed by atoms with Gasteiger partial charge in [-0.25, -0.2) is 0 Å². The maximum Gasteiger partial charge on any atom is 0.258 e. The highest BCUT2D eigenvalue weighted by Gasteiger charge is 2.13. The Hall–Kier alpha value is -2.30. The SMILES string of the molecule is Cc1cccc(-c2cc(NC(=O)c3ccc(Cl)cc3Cl)n[nH]2)c1. The van der Waals surface area contributed by atoms with Crippen LogP contribution < -0.4 is 5.32 Å². The molecule has 0 spiro atoms. The number of nitrogens with zero attached hydrogens (tertiary/aromatic N) is 1. The van der Waals surface area contributed by atoms with E-state index in [9.17, 15) is 4.79 Å². The first-order valence-electron chi connectivity index (χ1n) is 6.92. The molecule has 0 saturated carbocycles. The molecule has 23 heavy (non-hydrogen) atoms. The minimum Gasteiger partial charge on any atom is -0.305 e. The Labute approximate surface area is 143 Å². The predicted octanol–water partition coefficient (Wildman–Crippen LogP) is 4.94. The van der Waals surface area contributed by atoms with Crippen LogP contribution in [0.15, 0.2) is 48.5 Å². The van der Waals surface area contributed by atoms with Crippen LogP contribution in [0.4, 0.5) is 5.82 Å². The highest BCUT2D eigenvalue weighted by atomic mass is 35.5. The monoisotopic (exact) mass is 345 g/mol. The molecule has 2 N–H and O–H groups in total. The third-order valence-corrected chi connectivity index (χ3v) is 3.87. The van der Waals surface area contributed by atoms with Gasteiger partial charge in [-0.15, -0.1) is 0 Å². The van der Waals surface area contributed by atoms with E-state index in [1.54, 1.807) is 18.2 Å². The Bertz CT molecular complexity index is 874. The average Bonchev–Trinajstić information content (AvgIpc) is 2.95. The maximum absolute atomic E-state index is 12.3. The molecule has 1 heterocycles. The largest absolute Gasteiger partial charge is 0.305 e. The van der Waals surface area contributed by atoms with Gasteiger partial charge < -0.3 is 5.32 Å². The van der Waals surface area contributed by atoms with Crippen LogP contribution in [0.2, 0.25) is 10.0 Å². The molecule has 116 valence electrons. The van der Waals surface area contributed by atoms with Crippen LogP contribution in [0.25, 0.3) is 11.3 Å². The minimum absolute atomic E-state index is 0.296. The van der Waals surface area contributed by atoms with E-state index >= 15 is 0 Å². The molecule has 3 rings (SSSR count). The number of nitrogens with one attached hydrogen (secondary N) is 2. The number of H-pyrrole nitrogens is 1. The molecule has 0 bridgehead atoms. The van der Waals surface area contributed by atoms with Crippen molar-refractivity contribution in [3.8, 4) is 11.3 Å². The van der Waals surface area contributed by atoms with E-state index in [0.717, 1.165) is 16.8 Å². The number of carbonyl (C=O) groups excluding carboxylic acids is 1. The van der Waals surface area contributed by atoms with Gasteiger partial charge in [0, 0.05) is 11.1 Å². The van der Waals surface area contributed by atoms with Gasteiger partial charge in [-0.3, -0.25) is 9.89 Å². The number of hydrogen-bond acceptors (Lipinski definition) is 2. The molecule has 0 radical (unpaired) electrons. The number of rotatable bonds is 3. The van der Waals surface area contributed by atoms with Crippen molar-refractivity contribution in [2.45, 2.75) is 6.92 Å². The topological polar surface area (TPSA) is 57.8 Å². The van der Waals surface area contributed by atoms with E-state index in [2.05, 4.69) is 15.5 Å². The number of hydrogen-bond donors (Lipinski definition) is 2. The number of benzene rings is 2. The van der Waals surface area contributed by atoms with Crippen molar-refractivity contribution in [1.82, 2.24) is 10.2 Å². The van der Waals surface area contributed by atoms with Crippen LogP contribution in [-0.4, -0.2) is 16.1 Å². The second-order valence-corrected chi connectivity index (χ2v) is 5.96. The van der Waals surface area contributed by atoms with Crippen LogP contribution >= 0.6 is 23.2 Å². The van der Waals surface area contributed by atoms with E-state index in [4.69, 9.17) is 23.2 Å². The number of halogens is 2. The zero-order valence-corrected chi connectivity index (χ0v) is 13.7. The third-order valence-electron chi connectivity index (χ3n) is 3.32. The molecule has 0 atom stereocenters. The number of aromatic nitrogens is 2. The summed E-state index contributed by atoms with van der Waals surface area (Å²) in [4.78, 5) is 12.3. The summed E-state index contributed by atoms with van der Waals surface area (Å²) in [6.07, 6.45) is 0. The summed E-state index contributed by atoms with van der Waals surface area (Å²) in [5, 5.41) is 10.5. The standard InChI is InChI=1S/C17H13Cl2N3O/c1-10-3-2-4-11(7-10)15-9-16(22-21-15)20-17(23)13-6-5-12(18)8-14(13)19/h2-9H,1H3,(H2,20,21,22,23). The highest BCUT2D eigenvalue weighted by Crippen LogP contribution is 2.23. The first kappa shape index (κ1) is 15.6. The van der Waals surface area contributed by atoms with E-state index in [0.29, 0.717) is 21.4 Å². The molecule has 2 aromatic carbocycles. The molecule has 0 aliphatic rings. The summed E-state index contributed by atoms with van der Waals surface area (Å²) in [6.45, 7) is 2.02. The van der Waals surface area contributed by atoms with E-state index in [1.807, 2.05) is 31.2 Å². The molecular formula is C17H13Cl2N3O. The summed E-state index contributed by atoms with van der Waals surface area (Å²) in [5.74, 6) is 0.0893. The zero-order chi connectivity index (χ0) is 16.4. The molecule has 0 aliphatic heterocycles. The molecule has 4 nitrogen and oxygen atoms in total. The van der Waals surface area contributed by atoms with Crippen molar-refractivity contribution in [3.63, 3.8) is 0 Å².